The Morgan fingerprint density at radius 1 is 1.36 bits per heavy atom. The standard InChI is InChI=1S/C8H5IOS/c9-6-3-1-2-5-4-7(10)11-8(5)6/h1-4,10H. The van der Waals surface area contributed by atoms with Gasteiger partial charge in [0.05, 0.1) is 4.70 Å². The first-order valence-electron chi connectivity index (χ1n) is 3.14. The molecule has 1 aromatic heterocycles. The number of hydrogen-bond acceptors (Lipinski definition) is 2. The Bertz CT molecular complexity index is 394. The Balaban J connectivity index is 2.90. The van der Waals surface area contributed by atoms with Crippen molar-refractivity contribution in [3.8, 4) is 5.06 Å². The molecule has 0 saturated heterocycles. The Kier molecular flexibility index (Phi) is 1.77. The highest BCUT2D eigenvalue weighted by Crippen LogP contribution is 2.33. The molecule has 1 N–H and O–H groups in total. The van der Waals surface area contributed by atoms with E-state index in [1.807, 2.05) is 18.2 Å². The molecule has 1 nitrogen and oxygen atoms in total. The third-order valence-corrected chi connectivity index (χ3v) is 3.73. The first-order valence-corrected chi connectivity index (χ1v) is 5.04. The summed E-state index contributed by atoms with van der Waals surface area (Å²) in [5.41, 5.74) is 0. The van der Waals surface area contributed by atoms with E-state index < -0.39 is 0 Å². The maximum Gasteiger partial charge on any atom is 0.172 e. The van der Waals surface area contributed by atoms with Gasteiger partial charge in [-0.1, -0.05) is 23.5 Å². The molecule has 0 aliphatic heterocycles. The van der Waals surface area contributed by atoms with Crippen LogP contribution >= 0.6 is 33.9 Å². The SMILES string of the molecule is Oc1cc2cccc(I)c2s1. The summed E-state index contributed by atoms with van der Waals surface area (Å²) < 4.78 is 2.37. The van der Waals surface area contributed by atoms with Crippen LogP contribution in [0.25, 0.3) is 10.1 Å². The second-order valence-corrected chi connectivity index (χ2v) is 4.44. The maximum atomic E-state index is 9.20. The number of hydrogen-bond donors (Lipinski definition) is 1. The first kappa shape index (κ1) is 7.36. The van der Waals surface area contributed by atoms with Crippen LogP contribution in [0, 0.1) is 3.57 Å². The molecule has 0 aliphatic rings. The van der Waals surface area contributed by atoms with Gasteiger partial charge < -0.3 is 5.11 Å². The zero-order chi connectivity index (χ0) is 7.84. The molecule has 0 radical (unpaired) electrons. The number of thiophene rings is 1. The summed E-state index contributed by atoms with van der Waals surface area (Å²) >= 11 is 3.70. The van der Waals surface area contributed by atoms with Gasteiger partial charge >= 0.3 is 0 Å². The summed E-state index contributed by atoms with van der Waals surface area (Å²) in [4.78, 5) is 0. The van der Waals surface area contributed by atoms with Crippen LogP contribution in [0.5, 0.6) is 5.06 Å². The first-order chi connectivity index (χ1) is 5.27. The van der Waals surface area contributed by atoms with Crippen molar-refractivity contribution in [2.24, 2.45) is 0 Å². The molecule has 11 heavy (non-hydrogen) atoms. The van der Waals surface area contributed by atoms with E-state index in [0.717, 1.165) is 5.39 Å². The molecule has 1 aromatic carbocycles. The summed E-state index contributed by atoms with van der Waals surface area (Å²) in [5, 5.41) is 10.7. The summed E-state index contributed by atoms with van der Waals surface area (Å²) in [6.45, 7) is 0. The van der Waals surface area contributed by atoms with Gasteiger partial charge in [-0.05, 0) is 40.1 Å². The van der Waals surface area contributed by atoms with E-state index in [1.165, 1.54) is 19.6 Å². The van der Waals surface area contributed by atoms with Crippen molar-refractivity contribution in [3.63, 3.8) is 0 Å². The van der Waals surface area contributed by atoms with Crippen molar-refractivity contribution in [1.82, 2.24) is 0 Å². The van der Waals surface area contributed by atoms with E-state index in [4.69, 9.17) is 0 Å². The van der Waals surface area contributed by atoms with E-state index in [0.29, 0.717) is 5.06 Å². The van der Waals surface area contributed by atoms with Crippen molar-refractivity contribution in [1.29, 1.82) is 0 Å². The molecule has 56 valence electrons. The Morgan fingerprint density at radius 3 is 2.91 bits per heavy atom. The topological polar surface area (TPSA) is 20.2 Å². The molecule has 0 amide bonds. The van der Waals surface area contributed by atoms with Gasteiger partial charge in [0, 0.05) is 3.57 Å². The molecule has 0 spiro atoms. The van der Waals surface area contributed by atoms with Crippen molar-refractivity contribution in [3.05, 3.63) is 27.8 Å². The molecule has 2 rings (SSSR count). The molecule has 0 aliphatic carbocycles. The van der Waals surface area contributed by atoms with Crippen LogP contribution < -0.4 is 0 Å². The van der Waals surface area contributed by atoms with Crippen LogP contribution in [0.2, 0.25) is 0 Å². The summed E-state index contributed by atoms with van der Waals surface area (Å²) in [7, 11) is 0. The quantitative estimate of drug-likeness (QED) is 0.732. The van der Waals surface area contributed by atoms with Crippen LogP contribution in [0.3, 0.4) is 0 Å². The van der Waals surface area contributed by atoms with E-state index in [-0.39, 0.29) is 0 Å². The van der Waals surface area contributed by atoms with E-state index >= 15 is 0 Å². The Hall–Kier alpha value is -0.290. The average Bonchev–Trinajstić information content (AvgIpc) is 2.31. The number of halogens is 1. The molecular weight excluding hydrogens is 271 g/mol. The van der Waals surface area contributed by atoms with Gasteiger partial charge in [-0.2, -0.15) is 0 Å². The smallest absolute Gasteiger partial charge is 0.172 e. The fourth-order valence-corrected chi connectivity index (χ4v) is 2.67. The predicted octanol–water partition coefficient (Wildman–Crippen LogP) is 3.21. The fraction of sp³-hybridized carbons (Fsp3) is 0. The molecule has 0 bridgehead atoms. The highest BCUT2D eigenvalue weighted by Gasteiger charge is 2.01. The Morgan fingerprint density at radius 2 is 2.18 bits per heavy atom. The van der Waals surface area contributed by atoms with E-state index in [2.05, 4.69) is 22.6 Å². The molecule has 0 saturated carbocycles. The van der Waals surface area contributed by atoms with Crippen LogP contribution in [0.4, 0.5) is 0 Å². The number of fused-ring (bicyclic) bond motifs is 1. The van der Waals surface area contributed by atoms with Crippen LogP contribution in [-0.2, 0) is 0 Å². The second kappa shape index (κ2) is 2.64. The zero-order valence-electron chi connectivity index (χ0n) is 5.54. The predicted molar refractivity (Wildman–Crippen MR) is 56.2 cm³/mol. The number of aromatic hydroxyl groups is 1. The monoisotopic (exact) mass is 276 g/mol. The summed E-state index contributed by atoms with van der Waals surface area (Å²) in [6.07, 6.45) is 0. The van der Waals surface area contributed by atoms with Crippen LogP contribution in [-0.4, -0.2) is 5.11 Å². The van der Waals surface area contributed by atoms with Gasteiger partial charge in [0.25, 0.3) is 0 Å². The van der Waals surface area contributed by atoms with Gasteiger partial charge in [-0.25, -0.2) is 0 Å². The average molecular weight is 276 g/mol. The Labute approximate surface area is 81.8 Å². The second-order valence-electron chi connectivity index (χ2n) is 2.24. The van der Waals surface area contributed by atoms with Gasteiger partial charge in [0.15, 0.2) is 5.06 Å². The van der Waals surface area contributed by atoms with Crippen molar-refractivity contribution >= 4 is 44.0 Å². The minimum atomic E-state index is 0.393. The highest BCUT2D eigenvalue weighted by molar-refractivity contribution is 14.1. The third-order valence-electron chi connectivity index (χ3n) is 1.48. The summed E-state index contributed by atoms with van der Waals surface area (Å²) in [5.74, 6) is 0. The normalized spacial score (nSPS) is 10.6. The van der Waals surface area contributed by atoms with E-state index in [1.54, 1.807) is 6.07 Å². The van der Waals surface area contributed by atoms with Crippen molar-refractivity contribution in [2.75, 3.05) is 0 Å². The molecule has 0 fully saturated rings. The van der Waals surface area contributed by atoms with Gasteiger partial charge in [-0.3, -0.25) is 0 Å². The lowest BCUT2D eigenvalue weighted by Gasteiger charge is -1.89. The lowest BCUT2D eigenvalue weighted by Crippen LogP contribution is -1.66. The van der Waals surface area contributed by atoms with Gasteiger partial charge in [0.1, 0.15) is 0 Å². The highest BCUT2D eigenvalue weighted by atomic mass is 127. The number of benzene rings is 1. The summed E-state index contributed by atoms with van der Waals surface area (Å²) in [6, 6.07) is 7.84. The minimum absolute atomic E-state index is 0.393. The van der Waals surface area contributed by atoms with Crippen molar-refractivity contribution < 1.29 is 5.11 Å². The van der Waals surface area contributed by atoms with Crippen LogP contribution in [0.15, 0.2) is 24.3 Å². The van der Waals surface area contributed by atoms with E-state index in [9.17, 15) is 5.11 Å². The van der Waals surface area contributed by atoms with Gasteiger partial charge in [0.2, 0.25) is 0 Å². The fourth-order valence-electron chi connectivity index (χ4n) is 1.01. The molecular formula is C8H5IOS. The van der Waals surface area contributed by atoms with Crippen LogP contribution in [0.1, 0.15) is 0 Å². The lowest BCUT2D eigenvalue weighted by atomic mass is 10.3. The molecule has 1 heterocycles. The largest absolute Gasteiger partial charge is 0.499 e. The van der Waals surface area contributed by atoms with Gasteiger partial charge in [-0.15, -0.1) is 0 Å². The number of rotatable bonds is 0. The maximum absolute atomic E-state index is 9.20. The third kappa shape index (κ3) is 1.22. The zero-order valence-corrected chi connectivity index (χ0v) is 8.52. The molecule has 2 aromatic rings. The molecule has 0 atom stereocenters. The molecule has 0 unspecified atom stereocenters. The minimum Gasteiger partial charge on any atom is -0.499 e. The molecule has 3 heteroatoms. The lowest BCUT2D eigenvalue weighted by molar-refractivity contribution is 0.491. The van der Waals surface area contributed by atoms with Crippen molar-refractivity contribution in [2.45, 2.75) is 0 Å².